The van der Waals surface area contributed by atoms with E-state index < -0.39 is 0 Å². The number of aryl methyl sites for hydroxylation is 2. The molecule has 0 saturated heterocycles. The second kappa shape index (κ2) is 4.67. The normalized spacial score (nSPS) is 10.3. The molecule has 0 atom stereocenters. The molecule has 0 N–H and O–H groups in total. The minimum absolute atomic E-state index is 0.693. The Balaban J connectivity index is 2.32. The summed E-state index contributed by atoms with van der Waals surface area (Å²) < 4.78 is 0. The first-order valence-corrected chi connectivity index (χ1v) is 6.16. The Hall–Kier alpha value is -1.68. The van der Waals surface area contributed by atoms with E-state index in [1.54, 1.807) is 0 Å². The summed E-state index contributed by atoms with van der Waals surface area (Å²) in [5.41, 5.74) is 3.09. The number of carbonyl (C=O) groups is 1. The van der Waals surface area contributed by atoms with E-state index in [9.17, 15) is 4.79 Å². The number of nitrogens with zero attached hydrogens (tertiary/aromatic N) is 2. The average molecular weight is 246 g/mol. The molecule has 17 heavy (non-hydrogen) atoms. The van der Waals surface area contributed by atoms with Gasteiger partial charge in [-0.25, -0.2) is 4.98 Å². The van der Waals surface area contributed by atoms with Gasteiger partial charge in [-0.1, -0.05) is 29.0 Å². The molecule has 0 unspecified atom stereocenters. The lowest BCUT2D eigenvalue weighted by atomic mass is 10.2. The van der Waals surface area contributed by atoms with Crippen LogP contribution in [0, 0.1) is 13.8 Å². The topological polar surface area (TPSA) is 33.2 Å². The standard InChI is InChI=1S/C13H14N2OS/c1-9-4-6-11(7-5-9)15(3)13-14-10(2)12(8-16)17-13/h4-8H,1-3H3. The van der Waals surface area contributed by atoms with Crippen molar-refractivity contribution in [2.45, 2.75) is 13.8 Å². The molecule has 0 amide bonds. The van der Waals surface area contributed by atoms with E-state index in [0.29, 0.717) is 4.88 Å². The van der Waals surface area contributed by atoms with Crippen LogP contribution in [-0.4, -0.2) is 18.3 Å². The summed E-state index contributed by atoms with van der Waals surface area (Å²) in [5, 5.41) is 0.841. The molecule has 0 radical (unpaired) electrons. The fourth-order valence-electron chi connectivity index (χ4n) is 1.53. The number of aldehydes is 1. The molecule has 1 heterocycles. The molecule has 3 nitrogen and oxygen atoms in total. The highest BCUT2D eigenvalue weighted by Gasteiger charge is 2.11. The molecular formula is C13H14N2OS. The van der Waals surface area contributed by atoms with Crippen molar-refractivity contribution in [3.05, 3.63) is 40.4 Å². The number of thiazole rings is 1. The van der Waals surface area contributed by atoms with Crippen molar-refractivity contribution in [1.82, 2.24) is 4.98 Å². The summed E-state index contributed by atoms with van der Waals surface area (Å²) >= 11 is 1.41. The minimum Gasteiger partial charge on any atom is -0.321 e. The van der Waals surface area contributed by atoms with E-state index in [2.05, 4.69) is 24.0 Å². The molecule has 0 aliphatic rings. The SMILES string of the molecule is Cc1ccc(N(C)c2nc(C)c(C=O)s2)cc1. The van der Waals surface area contributed by atoms with Gasteiger partial charge < -0.3 is 4.90 Å². The van der Waals surface area contributed by atoms with E-state index in [-0.39, 0.29) is 0 Å². The highest BCUT2D eigenvalue weighted by atomic mass is 32.1. The maximum absolute atomic E-state index is 10.8. The predicted octanol–water partition coefficient (Wildman–Crippen LogP) is 3.34. The zero-order chi connectivity index (χ0) is 12.4. The molecule has 0 saturated carbocycles. The third kappa shape index (κ3) is 2.36. The Morgan fingerprint density at radius 1 is 1.24 bits per heavy atom. The van der Waals surface area contributed by atoms with Crippen LogP contribution in [0.4, 0.5) is 10.8 Å². The number of hydrogen-bond acceptors (Lipinski definition) is 4. The van der Waals surface area contributed by atoms with Crippen LogP contribution in [0.15, 0.2) is 24.3 Å². The molecule has 2 aromatic rings. The van der Waals surface area contributed by atoms with E-state index in [1.807, 2.05) is 31.0 Å². The van der Waals surface area contributed by atoms with Crippen LogP contribution in [0.1, 0.15) is 20.9 Å². The van der Waals surface area contributed by atoms with Gasteiger partial charge >= 0.3 is 0 Å². The molecule has 0 spiro atoms. The van der Waals surface area contributed by atoms with Crippen molar-refractivity contribution < 1.29 is 4.79 Å². The lowest BCUT2D eigenvalue weighted by Crippen LogP contribution is -2.08. The Labute approximate surface area is 105 Å². The van der Waals surface area contributed by atoms with E-state index in [1.165, 1.54) is 16.9 Å². The molecule has 0 aliphatic heterocycles. The summed E-state index contributed by atoms with van der Waals surface area (Å²) in [7, 11) is 1.96. The van der Waals surface area contributed by atoms with Crippen molar-refractivity contribution in [2.75, 3.05) is 11.9 Å². The van der Waals surface area contributed by atoms with Gasteiger partial charge in [0.25, 0.3) is 0 Å². The Kier molecular flexibility index (Phi) is 3.24. The summed E-state index contributed by atoms with van der Waals surface area (Å²) in [6.07, 6.45) is 0.861. The van der Waals surface area contributed by atoms with Crippen LogP contribution in [-0.2, 0) is 0 Å². The van der Waals surface area contributed by atoms with Crippen LogP contribution in [0.25, 0.3) is 0 Å². The number of hydrogen-bond donors (Lipinski definition) is 0. The van der Waals surface area contributed by atoms with E-state index >= 15 is 0 Å². The zero-order valence-corrected chi connectivity index (χ0v) is 10.9. The van der Waals surface area contributed by atoms with E-state index in [4.69, 9.17) is 0 Å². The van der Waals surface area contributed by atoms with Crippen molar-refractivity contribution in [3.8, 4) is 0 Å². The third-order valence-electron chi connectivity index (χ3n) is 2.64. The quantitative estimate of drug-likeness (QED) is 0.779. The smallest absolute Gasteiger partial charge is 0.190 e. The van der Waals surface area contributed by atoms with Gasteiger partial charge in [0.05, 0.1) is 10.6 Å². The molecule has 0 fully saturated rings. The summed E-state index contributed by atoms with van der Waals surface area (Å²) in [4.78, 5) is 17.9. The van der Waals surface area contributed by atoms with Crippen LogP contribution >= 0.6 is 11.3 Å². The second-order valence-corrected chi connectivity index (χ2v) is 4.97. The Morgan fingerprint density at radius 3 is 2.41 bits per heavy atom. The number of anilines is 2. The monoisotopic (exact) mass is 246 g/mol. The summed E-state index contributed by atoms with van der Waals surface area (Å²) in [6.45, 7) is 3.91. The predicted molar refractivity (Wildman–Crippen MR) is 71.5 cm³/mol. The average Bonchev–Trinajstić information content (AvgIpc) is 2.70. The van der Waals surface area contributed by atoms with Gasteiger partial charge in [0.15, 0.2) is 11.4 Å². The molecule has 0 aliphatic carbocycles. The van der Waals surface area contributed by atoms with Crippen LogP contribution in [0.5, 0.6) is 0 Å². The molecule has 88 valence electrons. The van der Waals surface area contributed by atoms with E-state index in [0.717, 1.165) is 22.8 Å². The van der Waals surface area contributed by atoms with Crippen molar-refractivity contribution in [3.63, 3.8) is 0 Å². The van der Waals surface area contributed by atoms with Gasteiger partial charge in [0.2, 0.25) is 0 Å². The minimum atomic E-state index is 0.693. The van der Waals surface area contributed by atoms with Crippen molar-refractivity contribution in [1.29, 1.82) is 0 Å². The lowest BCUT2D eigenvalue weighted by Gasteiger charge is -2.15. The van der Waals surface area contributed by atoms with Gasteiger partial charge in [-0.2, -0.15) is 0 Å². The Morgan fingerprint density at radius 2 is 1.88 bits per heavy atom. The van der Waals surface area contributed by atoms with Gasteiger partial charge in [0.1, 0.15) is 0 Å². The van der Waals surface area contributed by atoms with Gasteiger partial charge in [-0.3, -0.25) is 4.79 Å². The fourth-order valence-corrected chi connectivity index (χ4v) is 2.39. The first-order valence-electron chi connectivity index (χ1n) is 5.35. The molecule has 2 rings (SSSR count). The van der Waals surface area contributed by atoms with Gasteiger partial charge in [0, 0.05) is 12.7 Å². The number of benzene rings is 1. The maximum atomic E-state index is 10.8. The third-order valence-corrected chi connectivity index (χ3v) is 3.80. The highest BCUT2D eigenvalue weighted by molar-refractivity contribution is 7.17. The molecule has 1 aromatic carbocycles. The number of aromatic nitrogens is 1. The van der Waals surface area contributed by atoms with Crippen molar-refractivity contribution in [2.24, 2.45) is 0 Å². The van der Waals surface area contributed by atoms with Gasteiger partial charge in [-0.05, 0) is 26.0 Å². The van der Waals surface area contributed by atoms with Crippen LogP contribution in [0.2, 0.25) is 0 Å². The Bertz CT molecular complexity index is 531. The molecular weight excluding hydrogens is 232 g/mol. The maximum Gasteiger partial charge on any atom is 0.190 e. The first-order chi connectivity index (χ1) is 8.11. The molecule has 0 bridgehead atoms. The first kappa shape index (κ1) is 11.8. The summed E-state index contributed by atoms with van der Waals surface area (Å²) in [5.74, 6) is 0. The zero-order valence-electron chi connectivity index (χ0n) is 10.1. The summed E-state index contributed by atoms with van der Waals surface area (Å²) in [6, 6.07) is 8.22. The molecule has 1 aromatic heterocycles. The highest BCUT2D eigenvalue weighted by Crippen LogP contribution is 2.29. The number of carbonyl (C=O) groups excluding carboxylic acids is 1. The molecule has 4 heteroatoms. The van der Waals surface area contributed by atoms with Crippen molar-refractivity contribution >= 4 is 28.4 Å². The van der Waals surface area contributed by atoms with Gasteiger partial charge in [-0.15, -0.1) is 0 Å². The lowest BCUT2D eigenvalue weighted by molar-refractivity contribution is 0.112. The van der Waals surface area contributed by atoms with Crippen LogP contribution in [0.3, 0.4) is 0 Å². The fraction of sp³-hybridized carbons (Fsp3) is 0.231. The largest absolute Gasteiger partial charge is 0.321 e. The van der Waals surface area contributed by atoms with Crippen LogP contribution < -0.4 is 4.90 Å². The number of rotatable bonds is 3. The second-order valence-electron chi connectivity index (χ2n) is 3.96.